The minimum atomic E-state index is -0.516. The number of hydrogen-bond acceptors (Lipinski definition) is 10. The van der Waals surface area contributed by atoms with Gasteiger partial charge in [-0.15, -0.1) is 0 Å². The van der Waals surface area contributed by atoms with E-state index in [0.29, 0.717) is 62.1 Å². The summed E-state index contributed by atoms with van der Waals surface area (Å²) in [4.78, 5) is 42.2. The highest BCUT2D eigenvalue weighted by Crippen LogP contribution is 2.39. The summed E-state index contributed by atoms with van der Waals surface area (Å²) in [5.41, 5.74) is 5.18. The van der Waals surface area contributed by atoms with E-state index >= 15 is 0 Å². The number of morpholine rings is 1. The number of carbonyl (C=O) groups is 2. The average molecular weight is 665 g/mol. The molecule has 254 valence electrons. The van der Waals surface area contributed by atoms with Crippen LogP contribution in [0.4, 0.5) is 27.8 Å². The lowest BCUT2D eigenvalue weighted by Crippen LogP contribution is -2.37. The maximum atomic E-state index is 13.2. The zero-order valence-corrected chi connectivity index (χ0v) is 28.0. The molecule has 3 N–H and O–H groups in total. The van der Waals surface area contributed by atoms with Gasteiger partial charge in [0.2, 0.25) is 5.95 Å². The van der Waals surface area contributed by atoms with Crippen LogP contribution in [0.1, 0.15) is 29.9 Å². The normalized spacial score (nSPS) is 13.0. The van der Waals surface area contributed by atoms with Crippen LogP contribution in [0.5, 0.6) is 5.75 Å². The Morgan fingerprint density at radius 2 is 1.82 bits per heavy atom. The van der Waals surface area contributed by atoms with E-state index in [2.05, 4.69) is 30.8 Å². The van der Waals surface area contributed by atoms with Gasteiger partial charge in [0.1, 0.15) is 11.3 Å². The molecule has 1 saturated heterocycles. The van der Waals surface area contributed by atoms with Gasteiger partial charge in [0.05, 0.1) is 49.2 Å². The van der Waals surface area contributed by atoms with Crippen LogP contribution in [0, 0.1) is 0 Å². The Kier molecular flexibility index (Phi) is 10.2. The van der Waals surface area contributed by atoms with Crippen LogP contribution in [0.3, 0.4) is 0 Å². The molecule has 6 rings (SSSR count). The number of anilines is 4. The maximum absolute atomic E-state index is 13.2. The number of rotatable bonds is 11. The fourth-order valence-electron chi connectivity index (χ4n) is 5.74. The number of pyridine rings is 1. The number of nitrogens with one attached hydrogen (secondary N) is 3. The standard InChI is InChI=1S/C36H40N8O5/c1-23(2)49-34(45)26-21-39-35(42-33(26)27-22-43(3)30-11-6-5-10-25(27)30)40-29-19-28(31(20-32(29)47-4)44-15-17-48-18-16-44)41-36(46)38-14-12-24-9-7-8-13-37-24/h5-11,13,19-23H,12,14-18H2,1-4H3,(H2,38,41,46)(H,39,40,42). The summed E-state index contributed by atoms with van der Waals surface area (Å²) in [6.45, 7) is 6.43. The lowest BCUT2D eigenvalue weighted by Gasteiger charge is -2.31. The second kappa shape index (κ2) is 15.0. The monoisotopic (exact) mass is 664 g/mol. The first kappa shape index (κ1) is 33.2. The number of nitrogens with zero attached hydrogens (tertiary/aromatic N) is 5. The maximum Gasteiger partial charge on any atom is 0.342 e. The molecule has 1 aliphatic rings. The smallest absolute Gasteiger partial charge is 0.342 e. The second-order valence-electron chi connectivity index (χ2n) is 11.8. The molecule has 13 heteroatoms. The molecule has 3 aromatic heterocycles. The van der Waals surface area contributed by atoms with E-state index < -0.39 is 5.97 Å². The Balaban J connectivity index is 1.34. The van der Waals surface area contributed by atoms with Crippen LogP contribution in [0.15, 0.2) is 73.2 Å². The predicted molar refractivity (Wildman–Crippen MR) is 189 cm³/mol. The fraction of sp³-hybridized carbons (Fsp3) is 0.306. The zero-order valence-electron chi connectivity index (χ0n) is 28.0. The number of urea groups is 1. The molecule has 49 heavy (non-hydrogen) atoms. The summed E-state index contributed by atoms with van der Waals surface area (Å²) in [6.07, 6.45) is 5.42. The van der Waals surface area contributed by atoms with E-state index in [1.807, 2.05) is 66.3 Å². The van der Waals surface area contributed by atoms with Gasteiger partial charge in [0, 0.05) is 79.9 Å². The molecular formula is C36H40N8O5. The predicted octanol–water partition coefficient (Wildman–Crippen LogP) is 5.55. The van der Waals surface area contributed by atoms with Crippen LogP contribution < -0.4 is 25.6 Å². The topological polar surface area (TPSA) is 145 Å². The highest BCUT2D eigenvalue weighted by molar-refractivity contribution is 6.03. The minimum Gasteiger partial charge on any atom is -0.494 e. The Hall–Kier alpha value is -5.69. The summed E-state index contributed by atoms with van der Waals surface area (Å²) in [5, 5.41) is 10.2. The van der Waals surface area contributed by atoms with Crippen LogP contribution in [0.25, 0.3) is 22.2 Å². The van der Waals surface area contributed by atoms with Gasteiger partial charge in [-0.25, -0.2) is 19.6 Å². The minimum absolute atomic E-state index is 0.229. The summed E-state index contributed by atoms with van der Waals surface area (Å²) >= 11 is 0. The van der Waals surface area contributed by atoms with Gasteiger partial charge in [-0.1, -0.05) is 24.3 Å². The number of aromatic nitrogens is 4. The van der Waals surface area contributed by atoms with Gasteiger partial charge < -0.3 is 39.6 Å². The largest absolute Gasteiger partial charge is 0.494 e. The molecule has 0 unspecified atom stereocenters. The van der Waals surface area contributed by atoms with Crippen LogP contribution in [0.2, 0.25) is 0 Å². The number of carbonyl (C=O) groups excluding carboxylic acids is 2. The number of esters is 1. The molecule has 0 radical (unpaired) electrons. The Morgan fingerprint density at radius 3 is 2.57 bits per heavy atom. The third-order valence-electron chi connectivity index (χ3n) is 8.06. The molecule has 2 amide bonds. The number of benzene rings is 2. The molecule has 13 nitrogen and oxygen atoms in total. The first-order valence-corrected chi connectivity index (χ1v) is 16.2. The summed E-state index contributed by atoms with van der Waals surface area (Å²) in [5.74, 6) is 0.228. The van der Waals surface area contributed by atoms with E-state index in [1.54, 1.807) is 33.2 Å². The second-order valence-corrected chi connectivity index (χ2v) is 11.8. The average Bonchev–Trinajstić information content (AvgIpc) is 3.45. The third kappa shape index (κ3) is 7.73. The lowest BCUT2D eigenvalue weighted by atomic mass is 10.1. The molecular weight excluding hydrogens is 624 g/mol. The van der Waals surface area contributed by atoms with Crippen LogP contribution >= 0.6 is 0 Å². The molecule has 2 aromatic carbocycles. The Labute approximate surface area is 284 Å². The SMILES string of the molecule is COc1cc(N2CCOCC2)c(NC(=O)NCCc2ccccn2)cc1Nc1ncc(C(=O)OC(C)C)c(-c2cn(C)c3ccccc23)n1. The van der Waals surface area contributed by atoms with Crippen molar-refractivity contribution in [3.8, 4) is 17.0 Å². The quantitative estimate of drug-likeness (QED) is 0.154. The van der Waals surface area contributed by atoms with Gasteiger partial charge in [-0.2, -0.15) is 0 Å². The summed E-state index contributed by atoms with van der Waals surface area (Å²) in [7, 11) is 3.52. The molecule has 4 heterocycles. The van der Waals surface area contributed by atoms with Gasteiger partial charge in [0.25, 0.3) is 0 Å². The van der Waals surface area contributed by atoms with E-state index in [1.165, 1.54) is 6.20 Å². The molecule has 1 aliphatic heterocycles. The molecule has 0 atom stereocenters. The van der Waals surface area contributed by atoms with E-state index in [-0.39, 0.29) is 23.6 Å². The molecule has 0 spiro atoms. The van der Waals surface area contributed by atoms with Crippen molar-refractivity contribution in [1.82, 2.24) is 24.8 Å². The summed E-state index contributed by atoms with van der Waals surface area (Å²) < 4.78 is 18.9. The highest BCUT2D eigenvalue weighted by atomic mass is 16.5. The van der Waals surface area contributed by atoms with Crippen LogP contribution in [-0.4, -0.2) is 77.6 Å². The van der Waals surface area contributed by atoms with Gasteiger partial charge in [0.15, 0.2) is 0 Å². The molecule has 0 aliphatic carbocycles. The number of amides is 2. The van der Waals surface area contributed by atoms with E-state index in [9.17, 15) is 9.59 Å². The molecule has 0 bridgehead atoms. The molecule has 1 fully saturated rings. The lowest BCUT2D eigenvalue weighted by molar-refractivity contribution is 0.0378. The van der Waals surface area contributed by atoms with Gasteiger partial charge >= 0.3 is 12.0 Å². The van der Waals surface area contributed by atoms with Crippen molar-refractivity contribution in [3.05, 3.63) is 84.4 Å². The number of ether oxygens (including phenoxy) is 3. The van der Waals surface area contributed by atoms with Crippen molar-refractivity contribution in [2.45, 2.75) is 26.4 Å². The van der Waals surface area contributed by atoms with Crippen molar-refractivity contribution in [3.63, 3.8) is 0 Å². The Bertz CT molecular complexity index is 1940. The summed E-state index contributed by atoms with van der Waals surface area (Å²) in [6, 6.07) is 16.9. The fourth-order valence-corrected chi connectivity index (χ4v) is 5.74. The number of aryl methyl sites for hydroxylation is 1. The van der Waals surface area contributed by atoms with E-state index in [0.717, 1.165) is 27.8 Å². The van der Waals surface area contributed by atoms with Crippen LogP contribution in [-0.2, 0) is 22.9 Å². The van der Waals surface area contributed by atoms with Crippen molar-refractivity contribution in [1.29, 1.82) is 0 Å². The first-order valence-electron chi connectivity index (χ1n) is 16.2. The van der Waals surface area contributed by atoms with Crippen molar-refractivity contribution in [2.75, 3.05) is 55.5 Å². The van der Waals surface area contributed by atoms with Crippen molar-refractivity contribution in [2.24, 2.45) is 7.05 Å². The van der Waals surface area contributed by atoms with Gasteiger partial charge in [-0.3, -0.25) is 4.98 Å². The highest BCUT2D eigenvalue weighted by Gasteiger charge is 2.24. The van der Waals surface area contributed by atoms with E-state index in [4.69, 9.17) is 19.2 Å². The molecule has 0 saturated carbocycles. The zero-order chi connectivity index (χ0) is 34.3. The number of para-hydroxylation sites is 1. The molecule has 5 aromatic rings. The van der Waals surface area contributed by atoms with Gasteiger partial charge in [-0.05, 0) is 38.1 Å². The number of fused-ring (bicyclic) bond motifs is 1. The van der Waals surface area contributed by atoms with Crippen molar-refractivity contribution < 1.29 is 23.8 Å². The number of methoxy groups -OCH3 is 1. The Morgan fingerprint density at radius 1 is 1.02 bits per heavy atom. The number of hydrogen-bond donors (Lipinski definition) is 3. The van der Waals surface area contributed by atoms with Crippen molar-refractivity contribution >= 4 is 45.9 Å². The third-order valence-corrected chi connectivity index (χ3v) is 8.06. The first-order chi connectivity index (χ1) is 23.8.